The summed E-state index contributed by atoms with van der Waals surface area (Å²) in [5.41, 5.74) is 9.52. The number of nitrogens with two attached hydrogens (primary N) is 1. The van der Waals surface area contributed by atoms with Gasteiger partial charge in [0, 0.05) is 10.9 Å². The summed E-state index contributed by atoms with van der Waals surface area (Å²) in [6.45, 7) is 5.30. The third kappa shape index (κ3) is 3.99. The molecule has 0 aliphatic rings. The van der Waals surface area contributed by atoms with Crippen LogP contribution in [0.3, 0.4) is 0 Å². The topological polar surface area (TPSA) is 35.2 Å². The maximum atomic E-state index is 6.27. The smallest absolute Gasteiger partial charge is 0.122 e. The quantitative estimate of drug-likeness (QED) is 0.862. The number of ether oxygens (including phenoxy) is 1. The molecule has 2 aromatic rings. The molecule has 0 aromatic heterocycles. The van der Waals surface area contributed by atoms with E-state index in [1.54, 1.807) is 0 Å². The Hall–Kier alpha value is -1.51. The molecule has 0 fully saturated rings. The lowest BCUT2D eigenvalue weighted by Gasteiger charge is -2.20. The van der Waals surface area contributed by atoms with E-state index < -0.39 is 0 Å². The molecule has 0 saturated heterocycles. The number of halogens is 1. The van der Waals surface area contributed by atoms with Crippen LogP contribution in [0.5, 0.6) is 5.75 Å². The summed E-state index contributed by atoms with van der Waals surface area (Å²) >= 11 is 6.27. The third-order valence-corrected chi connectivity index (χ3v) is 3.98. The van der Waals surface area contributed by atoms with Gasteiger partial charge in [0.2, 0.25) is 0 Å². The molecule has 0 saturated carbocycles. The Balaban J connectivity index is 2.33. The lowest BCUT2D eigenvalue weighted by atomic mass is 9.90. The van der Waals surface area contributed by atoms with Crippen LogP contribution in [0.25, 0.3) is 0 Å². The molecule has 2 nitrogen and oxygen atoms in total. The Morgan fingerprint density at radius 2 is 1.95 bits per heavy atom. The molecule has 0 radical (unpaired) electrons. The minimum absolute atomic E-state index is 0.200. The van der Waals surface area contributed by atoms with Gasteiger partial charge in [0.25, 0.3) is 0 Å². The molecule has 0 aliphatic heterocycles. The van der Waals surface area contributed by atoms with Crippen LogP contribution in [-0.4, -0.2) is 13.2 Å². The average molecular weight is 304 g/mol. The maximum absolute atomic E-state index is 6.27. The van der Waals surface area contributed by atoms with E-state index in [2.05, 4.69) is 25.1 Å². The van der Waals surface area contributed by atoms with Gasteiger partial charge >= 0.3 is 0 Å². The van der Waals surface area contributed by atoms with Crippen molar-refractivity contribution in [1.29, 1.82) is 0 Å². The third-order valence-electron chi connectivity index (χ3n) is 3.61. The van der Waals surface area contributed by atoms with E-state index in [1.807, 2.05) is 31.2 Å². The number of aryl methyl sites for hydroxylation is 1. The summed E-state index contributed by atoms with van der Waals surface area (Å²) in [6.07, 6.45) is 0.819. The van der Waals surface area contributed by atoms with Gasteiger partial charge in [-0.05, 0) is 50.1 Å². The molecule has 0 aliphatic carbocycles. The highest BCUT2D eigenvalue weighted by Gasteiger charge is 2.17. The second kappa shape index (κ2) is 7.48. The number of hydrogen-bond donors (Lipinski definition) is 1. The molecule has 21 heavy (non-hydrogen) atoms. The molecule has 0 bridgehead atoms. The van der Waals surface area contributed by atoms with Gasteiger partial charge in [-0.2, -0.15) is 0 Å². The molecule has 2 aromatic carbocycles. The predicted molar refractivity (Wildman–Crippen MR) is 89.3 cm³/mol. The molecule has 0 spiro atoms. The van der Waals surface area contributed by atoms with E-state index >= 15 is 0 Å². The van der Waals surface area contributed by atoms with Crippen LogP contribution >= 0.6 is 11.6 Å². The van der Waals surface area contributed by atoms with Crippen molar-refractivity contribution in [3.8, 4) is 5.75 Å². The largest absolute Gasteiger partial charge is 0.494 e. The fraction of sp³-hybridized carbons (Fsp3) is 0.333. The first-order valence-electron chi connectivity index (χ1n) is 7.32. The van der Waals surface area contributed by atoms with Gasteiger partial charge in [-0.15, -0.1) is 0 Å². The summed E-state index contributed by atoms with van der Waals surface area (Å²) < 4.78 is 5.75. The van der Waals surface area contributed by atoms with Crippen molar-refractivity contribution in [2.45, 2.75) is 26.2 Å². The first-order valence-corrected chi connectivity index (χ1v) is 7.70. The van der Waals surface area contributed by atoms with Crippen molar-refractivity contribution in [3.05, 3.63) is 64.2 Å². The highest BCUT2D eigenvalue weighted by Crippen LogP contribution is 2.31. The average Bonchev–Trinajstić information content (AvgIpc) is 2.49. The van der Waals surface area contributed by atoms with Crippen molar-refractivity contribution in [3.63, 3.8) is 0 Å². The first kappa shape index (κ1) is 15.9. The molecule has 1 unspecified atom stereocenters. The zero-order valence-electron chi connectivity index (χ0n) is 12.6. The van der Waals surface area contributed by atoms with Gasteiger partial charge in [0.1, 0.15) is 5.75 Å². The SMILES string of the molecule is CCOc1ccc(C)cc1C(CN)Cc1ccccc1Cl. The van der Waals surface area contributed by atoms with Gasteiger partial charge in [0.15, 0.2) is 0 Å². The van der Waals surface area contributed by atoms with Crippen LogP contribution in [0.1, 0.15) is 29.5 Å². The van der Waals surface area contributed by atoms with E-state index in [-0.39, 0.29) is 5.92 Å². The summed E-state index contributed by atoms with van der Waals surface area (Å²) in [6, 6.07) is 14.2. The van der Waals surface area contributed by atoms with Crippen molar-refractivity contribution in [1.82, 2.24) is 0 Å². The Morgan fingerprint density at radius 1 is 1.19 bits per heavy atom. The molecule has 2 rings (SSSR count). The number of benzene rings is 2. The van der Waals surface area contributed by atoms with Gasteiger partial charge < -0.3 is 10.5 Å². The van der Waals surface area contributed by atoms with E-state index in [0.717, 1.165) is 22.8 Å². The summed E-state index contributed by atoms with van der Waals surface area (Å²) in [4.78, 5) is 0. The van der Waals surface area contributed by atoms with Crippen molar-refractivity contribution in [2.75, 3.05) is 13.2 Å². The van der Waals surface area contributed by atoms with Crippen LogP contribution in [0, 0.1) is 6.92 Å². The van der Waals surface area contributed by atoms with E-state index in [1.165, 1.54) is 11.1 Å². The lowest BCUT2D eigenvalue weighted by molar-refractivity contribution is 0.334. The zero-order chi connectivity index (χ0) is 15.2. The van der Waals surface area contributed by atoms with Crippen LogP contribution in [-0.2, 0) is 6.42 Å². The standard InChI is InChI=1S/C18H22ClNO/c1-3-21-18-9-8-13(2)10-16(18)15(12-20)11-14-6-4-5-7-17(14)19/h4-10,15H,3,11-12,20H2,1-2H3. The van der Waals surface area contributed by atoms with Crippen molar-refractivity contribution in [2.24, 2.45) is 5.73 Å². The van der Waals surface area contributed by atoms with Crippen molar-refractivity contribution < 1.29 is 4.74 Å². The molecular formula is C18H22ClNO. The monoisotopic (exact) mass is 303 g/mol. The predicted octanol–water partition coefficient (Wildman–Crippen LogP) is 4.33. The first-order chi connectivity index (χ1) is 10.2. The Bertz CT molecular complexity index is 598. The fourth-order valence-corrected chi connectivity index (χ4v) is 2.74. The van der Waals surface area contributed by atoms with Gasteiger partial charge in [-0.25, -0.2) is 0 Å². The Labute approximate surface area is 131 Å². The summed E-state index contributed by atoms with van der Waals surface area (Å²) in [5, 5.41) is 0.793. The normalized spacial score (nSPS) is 12.2. The van der Waals surface area contributed by atoms with Crippen LogP contribution in [0.4, 0.5) is 0 Å². The second-order valence-corrected chi connectivity index (χ2v) is 5.61. The molecule has 3 heteroatoms. The fourth-order valence-electron chi connectivity index (χ4n) is 2.52. The summed E-state index contributed by atoms with van der Waals surface area (Å²) in [5.74, 6) is 1.12. The molecule has 112 valence electrons. The maximum Gasteiger partial charge on any atom is 0.122 e. The van der Waals surface area contributed by atoms with E-state index in [9.17, 15) is 0 Å². The Morgan fingerprint density at radius 3 is 2.62 bits per heavy atom. The van der Waals surface area contributed by atoms with Crippen LogP contribution < -0.4 is 10.5 Å². The summed E-state index contributed by atoms with van der Waals surface area (Å²) in [7, 11) is 0. The van der Waals surface area contributed by atoms with Gasteiger partial charge in [-0.1, -0.05) is 47.5 Å². The number of hydrogen-bond acceptors (Lipinski definition) is 2. The molecule has 0 amide bonds. The van der Waals surface area contributed by atoms with Gasteiger partial charge in [-0.3, -0.25) is 0 Å². The highest BCUT2D eigenvalue weighted by atomic mass is 35.5. The Kier molecular flexibility index (Phi) is 5.66. The van der Waals surface area contributed by atoms with E-state index in [0.29, 0.717) is 13.2 Å². The van der Waals surface area contributed by atoms with E-state index in [4.69, 9.17) is 22.1 Å². The minimum Gasteiger partial charge on any atom is -0.494 e. The minimum atomic E-state index is 0.200. The molecule has 2 N–H and O–H groups in total. The van der Waals surface area contributed by atoms with Crippen LogP contribution in [0.2, 0.25) is 5.02 Å². The van der Waals surface area contributed by atoms with Crippen LogP contribution in [0.15, 0.2) is 42.5 Å². The highest BCUT2D eigenvalue weighted by molar-refractivity contribution is 6.31. The molecule has 0 heterocycles. The molecule has 1 atom stereocenters. The number of rotatable bonds is 6. The zero-order valence-corrected chi connectivity index (χ0v) is 13.4. The molecular weight excluding hydrogens is 282 g/mol. The lowest BCUT2D eigenvalue weighted by Crippen LogP contribution is -2.16. The second-order valence-electron chi connectivity index (χ2n) is 5.20. The van der Waals surface area contributed by atoms with Gasteiger partial charge in [0.05, 0.1) is 6.61 Å². The van der Waals surface area contributed by atoms with Crippen molar-refractivity contribution >= 4 is 11.6 Å².